The van der Waals surface area contributed by atoms with Crippen molar-refractivity contribution in [2.24, 2.45) is 0 Å². The van der Waals surface area contributed by atoms with Crippen LogP contribution in [0.3, 0.4) is 0 Å². The Hall–Kier alpha value is -0.770. The molecule has 2 rings (SSSR count). The van der Waals surface area contributed by atoms with Gasteiger partial charge >= 0.3 is 0 Å². The number of hydrogen-bond acceptors (Lipinski definition) is 1. The van der Waals surface area contributed by atoms with E-state index in [1.165, 1.54) is 5.56 Å². The number of pyridine rings is 1. The van der Waals surface area contributed by atoms with E-state index in [0.29, 0.717) is 5.88 Å². The van der Waals surface area contributed by atoms with Crippen molar-refractivity contribution in [3.05, 3.63) is 35.8 Å². The lowest BCUT2D eigenvalue weighted by Crippen LogP contribution is -1.83. The molecule has 0 amide bonds. The van der Waals surface area contributed by atoms with E-state index >= 15 is 0 Å². The first-order valence-electron chi connectivity index (χ1n) is 3.80. The van der Waals surface area contributed by atoms with Crippen molar-refractivity contribution < 1.29 is 5.48 Å². The number of fused-ring (bicyclic) bond motifs is 1. The summed E-state index contributed by atoms with van der Waals surface area (Å²) in [4.78, 5) is 4.36. The van der Waals surface area contributed by atoms with Gasteiger partial charge in [0.25, 0.3) is 0 Å². The summed E-state index contributed by atoms with van der Waals surface area (Å²) < 4.78 is 1.99. The second-order valence-electron chi connectivity index (χ2n) is 2.79. The minimum absolute atomic E-state index is 0. The van der Waals surface area contributed by atoms with Gasteiger partial charge in [-0.2, -0.15) is 0 Å². The molecule has 2 aromatic rings. The molecule has 14 heavy (non-hydrogen) atoms. The maximum atomic E-state index is 5.67. The Morgan fingerprint density at radius 2 is 2.21 bits per heavy atom. The topological polar surface area (TPSA) is 48.8 Å². The van der Waals surface area contributed by atoms with Gasteiger partial charge in [0.05, 0.1) is 11.6 Å². The third-order valence-electron chi connectivity index (χ3n) is 1.86. The third-order valence-corrected chi connectivity index (χ3v) is 2.14. The molecule has 0 aromatic carbocycles. The summed E-state index contributed by atoms with van der Waals surface area (Å²) in [5, 5.41) is 0. The summed E-state index contributed by atoms with van der Waals surface area (Å²) in [6.45, 7) is 2.04. The van der Waals surface area contributed by atoms with E-state index in [0.717, 1.165) is 11.3 Å². The number of rotatable bonds is 1. The Balaban J connectivity index is 0.000000845. The van der Waals surface area contributed by atoms with E-state index in [1.807, 2.05) is 35.9 Å². The highest BCUT2D eigenvalue weighted by molar-refractivity contribution is 6.16. The Morgan fingerprint density at radius 3 is 2.79 bits per heavy atom. The van der Waals surface area contributed by atoms with Gasteiger partial charge in [0, 0.05) is 12.4 Å². The van der Waals surface area contributed by atoms with Crippen molar-refractivity contribution in [1.82, 2.24) is 9.38 Å². The Morgan fingerprint density at radius 1 is 1.50 bits per heavy atom. The van der Waals surface area contributed by atoms with E-state index in [1.54, 1.807) is 0 Å². The van der Waals surface area contributed by atoms with Gasteiger partial charge in [-0.25, -0.2) is 4.98 Å². The molecule has 78 valence electrons. The molecule has 0 unspecified atom stereocenters. The van der Waals surface area contributed by atoms with Crippen LogP contribution in [0, 0.1) is 6.92 Å². The number of halogens is 2. The fourth-order valence-corrected chi connectivity index (χ4v) is 1.40. The summed E-state index contributed by atoms with van der Waals surface area (Å²) in [7, 11) is 0. The molecule has 0 spiro atoms. The van der Waals surface area contributed by atoms with Gasteiger partial charge in [-0.3, -0.25) is 0 Å². The van der Waals surface area contributed by atoms with Crippen LogP contribution in [0.2, 0.25) is 0 Å². The number of aryl methyl sites for hydroxylation is 1. The Kier molecular flexibility index (Phi) is 4.91. The summed E-state index contributed by atoms with van der Waals surface area (Å²) in [6, 6.07) is 4.04. The van der Waals surface area contributed by atoms with E-state index < -0.39 is 0 Å². The molecule has 0 bridgehead atoms. The fraction of sp³-hybridized carbons (Fsp3) is 0.222. The van der Waals surface area contributed by atoms with Crippen molar-refractivity contribution in [2.45, 2.75) is 12.8 Å². The average molecular weight is 235 g/mol. The molecule has 2 aromatic heterocycles. The number of hydrogen-bond donors (Lipinski definition) is 0. The van der Waals surface area contributed by atoms with Gasteiger partial charge in [-0.1, -0.05) is 6.07 Å². The lowest BCUT2D eigenvalue weighted by atomic mass is 10.3. The monoisotopic (exact) mass is 234 g/mol. The second kappa shape index (κ2) is 5.20. The van der Waals surface area contributed by atoms with Crippen molar-refractivity contribution in [3.63, 3.8) is 0 Å². The molecule has 0 saturated carbocycles. The molecule has 0 saturated heterocycles. The molecule has 0 aliphatic carbocycles. The molecule has 0 aliphatic heterocycles. The first-order valence-corrected chi connectivity index (χ1v) is 4.34. The second-order valence-corrected chi connectivity index (χ2v) is 3.06. The Bertz CT molecular complexity index is 414. The van der Waals surface area contributed by atoms with Crippen molar-refractivity contribution in [1.29, 1.82) is 0 Å². The van der Waals surface area contributed by atoms with Crippen LogP contribution < -0.4 is 0 Å². The van der Waals surface area contributed by atoms with Gasteiger partial charge < -0.3 is 9.88 Å². The minimum Gasteiger partial charge on any atom is -0.412 e. The van der Waals surface area contributed by atoms with Crippen LogP contribution in [0.25, 0.3) is 5.65 Å². The molecule has 0 fully saturated rings. The zero-order valence-corrected chi connectivity index (χ0v) is 9.27. The van der Waals surface area contributed by atoms with Crippen LogP contribution >= 0.6 is 24.0 Å². The zero-order chi connectivity index (χ0) is 8.55. The highest BCUT2D eigenvalue weighted by Gasteiger charge is 2.00. The van der Waals surface area contributed by atoms with Gasteiger partial charge in [0.15, 0.2) is 0 Å². The van der Waals surface area contributed by atoms with Crippen LogP contribution in [0.5, 0.6) is 0 Å². The standard InChI is InChI=1S/C9H9ClN2.ClH.H2O/c1-7-3-2-4-12-6-8(5-10)11-9(7)12;;/h2-4,6H,5H2,1H3;1H;1H2. The van der Waals surface area contributed by atoms with Crippen LogP contribution in [0.15, 0.2) is 24.5 Å². The molecule has 2 N–H and O–H groups in total. The van der Waals surface area contributed by atoms with Crippen LogP contribution in [0.4, 0.5) is 0 Å². The van der Waals surface area contributed by atoms with Gasteiger partial charge in [-0.05, 0) is 18.6 Å². The number of imidazole rings is 1. The first-order chi connectivity index (χ1) is 5.81. The number of alkyl halides is 1. The van der Waals surface area contributed by atoms with Crippen molar-refractivity contribution in [2.75, 3.05) is 0 Å². The smallest absolute Gasteiger partial charge is 0.139 e. The molecule has 2 heterocycles. The molecule has 5 heteroatoms. The summed E-state index contributed by atoms with van der Waals surface area (Å²) in [5.74, 6) is 0.473. The van der Waals surface area contributed by atoms with E-state index in [4.69, 9.17) is 11.6 Å². The molecular weight excluding hydrogens is 223 g/mol. The maximum absolute atomic E-state index is 5.67. The molecule has 3 nitrogen and oxygen atoms in total. The minimum atomic E-state index is 0. The van der Waals surface area contributed by atoms with E-state index in [2.05, 4.69) is 4.98 Å². The first kappa shape index (κ1) is 13.2. The number of aromatic nitrogens is 2. The fourth-order valence-electron chi connectivity index (χ4n) is 1.27. The normalized spacial score (nSPS) is 9.29. The van der Waals surface area contributed by atoms with E-state index in [-0.39, 0.29) is 17.9 Å². The van der Waals surface area contributed by atoms with Crippen LogP contribution in [0.1, 0.15) is 11.3 Å². The summed E-state index contributed by atoms with van der Waals surface area (Å²) >= 11 is 5.67. The highest BCUT2D eigenvalue weighted by Crippen LogP contribution is 2.10. The molecule has 0 aliphatic rings. The van der Waals surface area contributed by atoms with Crippen LogP contribution in [-0.4, -0.2) is 14.9 Å². The predicted octanol–water partition coefficient (Wildman–Crippen LogP) is 1.98. The lowest BCUT2D eigenvalue weighted by molar-refractivity contribution is 0.824. The average Bonchev–Trinajstić information content (AvgIpc) is 2.49. The van der Waals surface area contributed by atoms with Gasteiger partial charge in [0.1, 0.15) is 5.65 Å². The molecule has 0 atom stereocenters. The van der Waals surface area contributed by atoms with E-state index in [9.17, 15) is 0 Å². The highest BCUT2D eigenvalue weighted by atomic mass is 35.5. The van der Waals surface area contributed by atoms with Crippen molar-refractivity contribution in [3.8, 4) is 0 Å². The Labute approximate surface area is 93.4 Å². The number of nitrogens with zero attached hydrogens (tertiary/aromatic N) is 2. The van der Waals surface area contributed by atoms with Gasteiger partial charge in [0.2, 0.25) is 0 Å². The third kappa shape index (κ3) is 2.18. The van der Waals surface area contributed by atoms with Crippen LogP contribution in [-0.2, 0) is 5.88 Å². The van der Waals surface area contributed by atoms with Gasteiger partial charge in [-0.15, -0.1) is 24.0 Å². The predicted molar refractivity (Wildman–Crippen MR) is 60.3 cm³/mol. The largest absolute Gasteiger partial charge is 0.412 e. The zero-order valence-electron chi connectivity index (χ0n) is 7.70. The summed E-state index contributed by atoms with van der Waals surface area (Å²) in [5.41, 5.74) is 3.09. The lowest BCUT2D eigenvalue weighted by Gasteiger charge is -1.93. The molecule has 0 radical (unpaired) electrons. The summed E-state index contributed by atoms with van der Waals surface area (Å²) in [6.07, 6.45) is 3.93. The molecular formula is C9H12Cl2N2O. The van der Waals surface area contributed by atoms with Crippen molar-refractivity contribution >= 4 is 29.7 Å². The quantitative estimate of drug-likeness (QED) is 0.697. The maximum Gasteiger partial charge on any atom is 0.139 e. The SMILES string of the molecule is Cc1cccn2cc(CCl)nc12.Cl.O.